The molecule has 1 heterocycles. The first-order chi connectivity index (χ1) is 6.57. The van der Waals surface area contributed by atoms with Gasteiger partial charge in [-0.1, -0.05) is 6.92 Å². The van der Waals surface area contributed by atoms with Gasteiger partial charge in [0.15, 0.2) is 0 Å². The number of hydrogen-bond acceptors (Lipinski definition) is 3. The van der Waals surface area contributed by atoms with Gasteiger partial charge in [-0.25, -0.2) is 0 Å². The lowest BCUT2D eigenvalue weighted by Crippen LogP contribution is -2.42. The Morgan fingerprint density at radius 2 is 2.14 bits per heavy atom. The molecular weight excluding hydrogens is 180 g/mol. The van der Waals surface area contributed by atoms with E-state index in [0.29, 0.717) is 6.42 Å². The second kappa shape index (κ2) is 4.55. The topological polar surface area (TPSA) is 49.4 Å². The summed E-state index contributed by atoms with van der Waals surface area (Å²) in [5, 5.41) is 3.08. The van der Waals surface area contributed by atoms with Gasteiger partial charge in [-0.3, -0.25) is 14.5 Å². The van der Waals surface area contributed by atoms with E-state index in [1.165, 1.54) is 4.90 Å². The zero-order valence-corrected chi connectivity index (χ0v) is 9.04. The summed E-state index contributed by atoms with van der Waals surface area (Å²) >= 11 is 0. The molecule has 80 valence electrons. The van der Waals surface area contributed by atoms with Gasteiger partial charge in [0.25, 0.3) is 0 Å². The van der Waals surface area contributed by atoms with Crippen molar-refractivity contribution in [1.29, 1.82) is 0 Å². The fourth-order valence-corrected chi connectivity index (χ4v) is 1.67. The van der Waals surface area contributed by atoms with Crippen molar-refractivity contribution in [2.45, 2.75) is 45.7 Å². The van der Waals surface area contributed by atoms with Crippen LogP contribution in [-0.4, -0.2) is 35.3 Å². The summed E-state index contributed by atoms with van der Waals surface area (Å²) in [6.45, 7) is 6.54. The molecule has 14 heavy (non-hydrogen) atoms. The molecule has 1 atom stereocenters. The summed E-state index contributed by atoms with van der Waals surface area (Å²) in [5.74, 6) is -0.128. The zero-order valence-electron chi connectivity index (χ0n) is 9.04. The second-order valence-electron chi connectivity index (χ2n) is 3.91. The summed E-state index contributed by atoms with van der Waals surface area (Å²) in [7, 11) is 0. The lowest BCUT2D eigenvalue weighted by Gasteiger charge is -2.19. The Balaban J connectivity index is 2.60. The number of rotatable bonds is 4. The molecule has 0 radical (unpaired) electrons. The molecule has 0 saturated carbocycles. The highest BCUT2D eigenvalue weighted by Crippen LogP contribution is 2.15. The van der Waals surface area contributed by atoms with Gasteiger partial charge in [0.2, 0.25) is 11.8 Å². The Hall–Kier alpha value is -0.900. The van der Waals surface area contributed by atoms with Crippen LogP contribution in [0.4, 0.5) is 0 Å². The Morgan fingerprint density at radius 3 is 2.57 bits per heavy atom. The third-order valence-corrected chi connectivity index (χ3v) is 2.34. The van der Waals surface area contributed by atoms with E-state index in [1.807, 2.05) is 20.8 Å². The van der Waals surface area contributed by atoms with Crippen molar-refractivity contribution in [3.8, 4) is 0 Å². The van der Waals surface area contributed by atoms with Crippen molar-refractivity contribution in [3.05, 3.63) is 0 Å². The number of carbonyl (C=O) groups excluding carboxylic acids is 2. The highest BCUT2D eigenvalue weighted by atomic mass is 16.2. The number of carbonyl (C=O) groups is 2. The Kier molecular flexibility index (Phi) is 3.63. The minimum Gasteiger partial charge on any atom is -0.305 e. The smallest absolute Gasteiger partial charge is 0.247 e. The summed E-state index contributed by atoms with van der Waals surface area (Å²) in [6, 6.07) is -0.312. The van der Waals surface area contributed by atoms with Crippen LogP contribution in [0.1, 0.15) is 33.6 Å². The van der Waals surface area contributed by atoms with E-state index in [4.69, 9.17) is 0 Å². The molecule has 0 spiro atoms. The van der Waals surface area contributed by atoms with Crippen molar-refractivity contribution in [1.82, 2.24) is 10.2 Å². The van der Waals surface area contributed by atoms with Crippen molar-refractivity contribution in [3.63, 3.8) is 0 Å². The number of amides is 2. The first-order valence-electron chi connectivity index (χ1n) is 5.17. The van der Waals surface area contributed by atoms with E-state index >= 15 is 0 Å². The molecule has 1 fully saturated rings. The predicted molar refractivity (Wildman–Crippen MR) is 53.7 cm³/mol. The van der Waals surface area contributed by atoms with Gasteiger partial charge >= 0.3 is 0 Å². The molecule has 0 aliphatic carbocycles. The molecule has 0 unspecified atom stereocenters. The van der Waals surface area contributed by atoms with Gasteiger partial charge in [0.05, 0.1) is 12.5 Å². The third kappa shape index (κ3) is 2.12. The molecule has 1 aliphatic rings. The van der Waals surface area contributed by atoms with E-state index in [1.54, 1.807) is 0 Å². The minimum absolute atomic E-state index is 0.0246. The van der Waals surface area contributed by atoms with Crippen molar-refractivity contribution < 1.29 is 9.59 Å². The van der Waals surface area contributed by atoms with Crippen LogP contribution in [0, 0.1) is 0 Å². The maximum absolute atomic E-state index is 11.7. The van der Waals surface area contributed by atoms with Crippen molar-refractivity contribution in [2.75, 3.05) is 6.54 Å². The van der Waals surface area contributed by atoms with E-state index in [2.05, 4.69) is 5.32 Å². The number of hydrogen-bond donors (Lipinski definition) is 1. The van der Waals surface area contributed by atoms with Crippen LogP contribution in [0.25, 0.3) is 0 Å². The highest BCUT2D eigenvalue weighted by Gasteiger charge is 2.39. The number of nitrogens with zero attached hydrogens (tertiary/aromatic N) is 1. The van der Waals surface area contributed by atoms with E-state index < -0.39 is 0 Å². The number of likely N-dealkylation sites (tertiary alicyclic amines) is 1. The fourth-order valence-electron chi connectivity index (χ4n) is 1.67. The summed E-state index contributed by atoms with van der Waals surface area (Å²) in [4.78, 5) is 24.5. The van der Waals surface area contributed by atoms with Crippen LogP contribution in [0.15, 0.2) is 0 Å². The largest absolute Gasteiger partial charge is 0.305 e. The van der Waals surface area contributed by atoms with Crippen LogP contribution >= 0.6 is 0 Å². The normalized spacial score (nSPS) is 22.6. The van der Waals surface area contributed by atoms with Gasteiger partial charge in [-0.2, -0.15) is 0 Å². The average molecular weight is 198 g/mol. The molecular formula is C10H18N2O2. The Morgan fingerprint density at radius 1 is 1.50 bits per heavy atom. The predicted octanol–water partition coefficient (Wildman–Crippen LogP) is 0.522. The summed E-state index contributed by atoms with van der Waals surface area (Å²) in [6.07, 6.45) is 1.29. The molecule has 1 rings (SSSR count). The highest BCUT2D eigenvalue weighted by molar-refractivity contribution is 6.05. The first kappa shape index (κ1) is 11.2. The minimum atomic E-state index is -0.287. The van der Waals surface area contributed by atoms with E-state index in [9.17, 15) is 9.59 Å². The third-order valence-electron chi connectivity index (χ3n) is 2.34. The second-order valence-corrected chi connectivity index (χ2v) is 3.91. The Bertz CT molecular complexity index is 238. The van der Waals surface area contributed by atoms with Crippen LogP contribution in [0.2, 0.25) is 0 Å². The van der Waals surface area contributed by atoms with Crippen LogP contribution in [0.3, 0.4) is 0 Å². The molecule has 1 aliphatic heterocycles. The Labute approximate surface area is 84.7 Å². The quantitative estimate of drug-likeness (QED) is 0.670. The van der Waals surface area contributed by atoms with Crippen molar-refractivity contribution >= 4 is 11.8 Å². The lowest BCUT2D eigenvalue weighted by atomic mass is 10.2. The summed E-state index contributed by atoms with van der Waals surface area (Å²) < 4.78 is 0. The van der Waals surface area contributed by atoms with Crippen molar-refractivity contribution in [2.24, 2.45) is 0 Å². The van der Waals surface area contributed by atoms with E-state index in [0.717, 1.165) is 13.0 Å². The average Bonchev–Trinajstić information content (AvgIpc) is 2.38. The SMILES string of the molecule is CCCN[C@@H]1CC(=O)N(C(C)C)C1=O. The standard InChI is InChI=1S/C10H18N2O2/c1-4-5-11-8-6-9(13)12(7(2)3)10(8)14/h7-8,11H,4-6H2,1-3H3/t8-/m1/s1. The molecule has 0 aromatic carbocycles. The maximum Gasteiger partial charge on any atom is 0.247 e. The van der Waals surface area contributed by atoms with Crippen LogP contribution in [-0.2, 0) is 9.59 Å². The number of imide groups is 1. The zero-order chi connectivity index (χ0) is 10.7. The molecule has 4 heteroatoms. The lowest BCUT2D eigenvalue weighted by molar-refractivity contribution is -0.140. The molecule has 2 amide bonds. The maximum atomic E-state index is 11.7. The van der Waals surface area contributed by atoms with Crippen LogP contribution in [0.5, 0.6) is 0 Å². The van der Waals surface area contributed by atoms with E-state index in [-0.39, 0.29) is 23.9 Å². The number of nitrogens with one attached hydrogen (secondary N) is 1. The summed E-state index contributed by atoms with van der Waals surface area (Å²) in [5.41, 5.74) is 0. The van der Waals surface area contributed by atoms with Gasteiger partial charge in [-0.05, 0) is 26.8 Å². The molecule has 0 aromatic rings. The molecule has 1 N–H and O–H groups in total. The molecule has 0 bridgehead atoms. The fraction of sp³-hybridized carbons (Fsp3) is 0.800. The molecule has 4 nitrogen and oxygen atoms in total. The van der Waals surface area contributed by atoms with Crippen LogP contribution < -0.4 is 5.32 Å². The molecule has 1 saturated heterocycles. The van der Waals surface area contributed by atoms with Gasteiger partial charge in [-0.15, -0.1) is 0 Å². The monoisotopic (exact) mass is 198 g/mol. The molecule has 0 aromatic heterocycles. The first-order valence-corrected chi connectivity index (χ1v) is 5.17. The van der Waals surface area contributed by atoms with Gasteiger partial charge in [0, 0.05) is 6.04 Å². The van der Waals surface area contributed by atoms with Gasteiger partial charge in [0.1, 0.15) is 0 Å². The van der Waals surface area contributed by atoms with Gasteiger partial charge < -0.3 is 5.32 Å².